The molecule has 28 heavy (non-hydrogen) atoms. The number of carbonyl (C=O) groups is 2. The van der Waals surface area contributed by atoms with Crippen LogP contribution in [0.5, 0.6) is 0 Å². The summed E-state index contributed by atoms with van der Waals surface area (Å²) in [5.74, 6) is -0.362. The molecule has 5 nitrogen and oxygen atoms in total. The van der Waals surface area contributed by atoms with Crippen molar-refractivity contribution >= 4 is 46.4 Å². The Morgan fingerprint density at radius 3 is 2.21 bits per heavy atom. The van der Waals surface area contributed by atoms with Crippen molar-refractivity contribution in [3.8, 4) is 0 Å². The smallest absolute Gasteiger partial charge is 0.279 e. The normalized spacial score (nSPS) is 11.8. The average molecular weight is 423 g/mol. The maximum Gasteiger partial charge on any atom is 0.279 e. The van der Waals surface area contributed by atoms with Crippen LogP contribution in [0.25, 0.3) is 0 Å². The van der Waals surface area contributed by atoms with Crippen LogP contribution in [0.2, 0.25) is 10.0 Å². The number of amides is 2. The van der Waals surface area contributed by atoms with Gasteiger partial charge >= 0.3 is 0 Å². The minimum absolute atomic E-state index is 0.128. The standard InChI is InChI=1S/C21H25Cl2N3O2/c1-4-11-26(12-18(27)24-17-8-6-5-7-14(17)2)13-19(28)25-21-16(22)10-9-15(3)20(21)23/h5-10H,4,11-13H2,1-3H3,(H,24,27)(H,25,28)/p+1. The molecule has 0 aliphatic carbocycles. The lowest BCUT2D eigenvalue weighted by Gasteiger charge is -2.19. The van der Waals surface area contributed by atoms with E-state index in [9.17, 15) is 9.59 Å². The molecule has 1 atom stereocenters. The van der Waals surface area contributed by atoms with E-state index in [4.69, 9.17) is 23.2 Å². The van der Waals surface area contributed by atoms with Crippen molar-refractivity contribution in [3.05, 3.63) is 57.6 Å². The van der Waals surface area contributed by atoms with Crippen LogP contribution in [-0.2, 0) is 9.59 Å². The summed E-state index contributed by atoms with van der Waals surface area (Å²) < 4.78 is 0. The van der Waals surface area contributed by atoms with Gasteiger partial charge in [0.1, 0.15) is 0 Å². The van der Waals surface area contributed by atoms with Gasteiger partial charge in [-0.2, -0.15) is 0 Å². The summed E-state index contributed by atoms with van der Waals surface area (Å²) in [6, 6.07) is 11.1. The summed E-state index contributed by atoms with van der Waals surface area (Å²) in [5, 5.41) is 6.51. The van der Waals surface area contributed by atoms with Gasteiger partial charge in [0.05, 0.1) is 22.3 Å². The monoisotopic (exact) mass is 422 g/mol. The number of rotatable bonds is 8. The van der Waals surface area contributed by atoms with Crippen molar-refractivity contribution in [1.82, 2.24) is 0 Å². The van der Waals surface area contributed by atoms with Gasteiger partial charge in [-0.15, -0.1) is 0 Å². The minimum atomic E-state index is -0.235. The molecular formula is C21H26Cl2N3O2+. The topological polar surface area (TPSA) is 62.6 Å². The Morgan fingerprint density at radius 1 is 0.929 bits per heavy atom. The summed E-state index contributed by atoms with van der Waals surface area (Å²) in [7, 11) is 0. The molecule has 0 spiro atoms. The summed E-state index contributed by atoms with van der Waals surface area (Å²) in [4.78, 5) is 25.8. The van der Waals surface area contributed by atoms with E-state index < -0.39 is 0 Å². The second kappa shape index (κ2) is 10.5. The number of aryl methyl sites for hydroxylation is 2. The molecule has 2 aromatic carbocycles. The van der Waals surface area contributed by atoms with Crippen molar-refractivity contribution in [1.29, 1.82) is 0 Å². The first-order valence-electron chi connectivity index (χ1n) is 9.25. The lowest BCUT2D eigenvalue weighted by molar-refractivity contribution is -0.883. The van der Waals surface area contributed by atoms with E-state index in [0.717, 1.165) is 28.1 Å². The molecule has 0 saturated carbocycles. The first-order valence-corrected chi connectivity index (χ1v) is 10.0. The van der Waals surface area contributed by atoms with E-state index in [1.165, 1.54) is 0 Å². The second-order valence-electron chi connectivity index (χ2n) is 6.82. The maximum absolute atomic E-state index is 12.5. The van der Waals surface area contributed by atoms with Crippen molar-refractivity contribution in [2.75, 3.05) is 30.3 Å². The zero-order valence-electron chi connectivity index (χ0n) is 16.4. The summed E-state index contributed by atoms with van der Waals surface area (Å²) in [6.45, 7) is 6.85. The summed E-state index contributed by atoms with van der Waals surface area (Å²) >= 11 is 12.4. The predicted molar refractivity (Wildman–Crippen MR) is 115 cm³/mol. The van der Waals surface area contributed by atoms with Crippen molar-refractivity contribution in [2.45, 2.75) is 27.2 Å². The van der Waals surface area contributed by atoms with Gasteiger partial charge in [-0.25, -0.2) is 0 Å². The predicted octanol–water partition coefficient (Wildman–Crippen LogP) is 3.48. The number of halogens is 2. The molecule has 3 N–H and O–H groups in total. The van der Waals surface area contributed by atoms with Gasteiger partial charge in [-0.05, 0) is 43.5 Å². The second-order valence-corrected chi connectivity index (χ2v) is 7.60. The Morgan fingerprint density at radius 2 is 1.57 bits per heavy atom. The van der Waals surface area contributed by atoms with Crippen molar-refractivity contribution in [3.63, 3.8) is 0 Å². The van der Waals surface area contributed by atoms with E-state index in [1.54, 1.807) is 12.1 Å². The van der Waals surface area contributed by atoms with Crippen LogP contribution >= 0.6 is 23.2 Å². The van der Waals surface area contributed by atoms with Crippen LogP contribution in [0, 0.1) is 13.8 Å². The molecular weight excluding hydrogens is 397 g/mol. The van der Waals surface area contributed by atoms with Crippen LogP contribution in [0.3, 0.4) is 0 Å². The van der Waals surface area contributed by atoms with Gasteiger partial charge in [0, 0.05) is 5.69 Å². The molecule has 0 aromatic heterocycles. The van der Waals surface area contributed by atoms with Crippen molar-refractivity contribution < 1.29 is 14.5 Å². The van der Waals surface area contributed by atoms with Crippen LogP contribution in [0.1, 0.15) is 24.5 Å². The number of carbonyl (C=O) groups excluding carboxylic acids is 2. The number of anilines is 2. The molecule has 0 bridgehead atoms. The number of quaternary nitrogens is 1. The lowest BCUT2D eigenvalue weighted by atomic mass is 10.2. The molecule has 0 radical (unpaired) electrons. The fourth-order valence-electron chi connectivity index (χ4n) is 2.91. The molecule has 2 aromatic rings. The van der Waals surface area contributed by atoms with Crippen molar-refractivity contribution in [2.24, 2.45) is 0 Å². The molecule has 2 amide bonds. The Labute approximate surface area is 176 Å². The van der Waals surface area contributed by atoms with Gasteiger partial charge in [0.2, 0.25) is 0 Å². The third kappa shape index (κ3) is 6.23. The Hall–Kier alpha value is -2.08. The van der Waals surface area contributed by atoms with Gasteiger partial charge in [-0.3, -0.25) is 9.59 Å². The largest absolute Gasteiger partial charge is 0.321 e. The lowest BCUT2D eigenvalue weighted by Crippen LogP contribution is -3.14. The molecule has 0 aliphatic rings. The number of para-hydroxylation sites is 1. The highest BCUT2D eigenvalue weighted by molar-refractivity contribution is 6.40. The number of nitrogens with one attached hydrogen (secondary N) is 3. The minimum Gasteiger partial charge on any atom is -0.321 e. The van der Waals surface area contributed by atoms with Crippen LogP contribution in [-0.4, -0.2) is 31.4 Å². The molecule has 7 heteroatoms. The number of hydrogen-bond donors (Lipinski definition) is 3. The number of hydrogen-bond acceptors (Lipinski definition) is 2. The molecule has 1 unspecified atom stereocenters. The van der Waals surface area contributed by atoms with E-state index in [1.807, 2.05) is 45.0 Å². The highest BCUT2D eigenvalue weighted by Crippen LogP contribution is 2.32. The molecule has 0 saturated heterocycles. The Kier molecular flexibility index (Phi) is 8.30. The van der Waals surface area contributed by atoms with Gasteiger partial charge < -0.3 is 15.5 Å². The molecule has 0 aliphatic heterocycles. The quantitative estimate of drug-likeness (QED) is 0.609. The van der Waals surface area contributed by atoms with Gasteiger partial charge in [0.25, 0.3) is 11.8 Å². The summed E-state index contributed by atoms with van der Waals surface area (Å²) in [6.07, 6.45) is 0.853. The van der Waals surface area contributed by atoms with Crippen LogP contribution in [0.4, 0.5) is 11.4 Å². The zero-order chi connectivity index (χ0) is 20.7. The third-order valence-electron chi connectivity index (χ3n) is 4.39. The van der Waals surface area contributed by atoms with E-state index in [-0.39, 0.29) is 24.9 Å². The highest BCUT2D eigenvalue weighted by Gasteiger charge is 2.20. The van der Waals surface area contributed by atoms with Crippen LogP contribution in [0.15, 0.2) is 36.4 Å². The number of benzene rings is 2. The Balaban J connectivity index is 2.00. The summed E-state index contributed by atoms with van der Waals surface area (Å²) in [5.41, 5.74) is 3.02. The Bertz CT molecular complexity index is 856. The van der Waals surface area contributed by atoms with E-state index >= 15 is 0 Å². The first-order chi connectivity index (χ1) is 13.3. The van der Waals surface area contributed by atoms with Crippen LogP contribution < -0.4 is 15.5 Å². The fourth-order valence-corrected chi connectivity index (χ4v) is 3.37. The fraction of sp³-hybridized carbons (Fsp3) is 0.333. The maximum atomic E-state index is 12.5. The SMILES string of the molecule is CCC[NH+](CC(=O)Nc1ccccc1C)CC(=O)Nc1c(Cl)ccc(C)c1Cl. The molecule has 0 fully saturated rings. The molecule has 0 heterocycles. The van der Waals surface area contributed by atoms with E-state index in [0.29, 0.717) is 22.3 Å². The van der Waals surface area contributed by atoms with E-state index in [2.05, 4.69) is 10.6 Å². The van der Waals surface area contributed by atoms with Gasteiger partial charge in [-0.1, -0.05) is 54.4 Å². The highest BCUT2D eigenvalue weighted by atomic mass is 35.5. The first kappa shape index (κ1) is 22.2. The third-order valence-corrected chi connectivity index (χ3v) is 5.19. The molecule has 2 rings (SSSR count). The zero-order valence-corrected chi connectivity index (χ0v) is 17.9. The average Bonchev–Trinajstić information content (AvgIpc) is 2.64. The molecule has 150 valence electrons. The van der Waals surface area contributed by atoms with Gasteiger partial charge in [0.15, 0.2) is 13.1 Å².